The lowest BCUT2D eigenvalue weighted by Crippen LogP contribution is -2.20. The van der Waals surface area contributed by atoms with E-state index in [1.165, 1.54) is 6.42 Å². The van der Waals surface area contributed by atoms with Crippen LogP contribution >= 0.6 is 11.6 Å². The number of hydrogen-bond acceptors (Lipinski definition) is 3. The largest absolute Gasteiger partial charge is 0.358 e. The highest BCUT2D eigenvalue weighted by atomic mass is 35.5. The van der Waals surface area contributed by atoms with Crippen molar-refractivity contribution in [1.29, 1.82) is 0 Å². The van der Waals surface area contributed by atoms with Gasteiger partial charge < -0.3 is 4.90 Å². The van der Waals surface area contributed by atoms with Gasteiger partial charge in [-0.15, -0.1) is 16.7 Å². The van der Waals surface area contributed by atoms with Crippen molar-refractivity contribution < 1.29 is 0 Å². The molecule has 0 aliphatic carbocycles. The summed E-state index contributed by atoms with van der Waals surface area (Å²) in [6.45, 7) is 2.95. The lowest BCUT2D eigenvalue weighted by atomic mass is 10.2. The number of unbranched alkanes of at least 4 members (excludes halogenated alkanes) is 2. The number of alkyl halides is 1. The van der Waals surface area contributed by atoms with E-state index in [0.29, 0.717) is 0 Å². The fourth-order valence-electron chi connectivity index (χ4n) is 1.33. The maximum absolute atomic E-state index is 5.62. The molecule has 0 saturated heterocycles. The van der Waals surface area contributed by atoms with Gasteiger partial charge in [-0.1, -0.05) is 6.42 Å². The van der Waals surface area contributed by atoms with Crippen molar-refractivity contribution in [2.75, 3.05) is 24.4 Å². The molecule has 0 aliphatic rings. The topological polar surface area (TPSA) is 29.0 Å². The van der Waals surface area contributed by atoms with Gasteiger partial charge in [-0.25, -0.2) is 0 Å². The van der Waals surface area contributed by atoms with Crippen molar-refractivity contribution in [1.82, 2.24) is 10.2 Å². The number of anilines is 1. The molecule has 1 heterocycles. The van der Waals surface area contributed by atoms with Crippen LogP contribution in [-0.4, -0.2) is 29.7 Å². The van der Waals surface area contributed by atoms with E-state index in [1.807, 2.05) is 26.1 Å². The van der Waals surface area contributed by atoms with Gasteiger partial charge in [0, 0.05) is 19.5 Å². The SMILES string of the molecule is Cc1ccc(N(C)CCCCCCl)nn1. The zero-order chi connectivity index (χ0) is 11.1. The van der Waals surface area contributed by atoms with Crippen molar-refractivity contribution in [3.63, 3.8) is 0 Å². The molecular formula is C11H18ClN3. The predicted octanol–water partition coefficient (Wildman–Crippen LogP) is 2.63. The minimum Gasteiger partial charge on any atom is -0.358 e. The molecule has 3 nitrogen and oxygen atoms in total. The molecule has 1 aromatic rings. The Kier molecular flexibility index (Phi) is 5.40. The van der Waals surface area contributed by atoms with Gasteiger partial charge in [0.15, 0.2) is 5.82 Å². The van der Waals surface area contributed by atoms with Crippen LogP contribution in [0.25, 0.3) is 0 Å². The standard InChI is InChI=1S/C11H18ClN3/c1-10-6-7-11(14-13-10)15(2)9-5-3-4-8-12/h6-7H,3-5,8-9H2,1-2H3. The lowest BCUT2D eigenvalue weighted by molar-refractivity contribution is 0.700. The van der Waals surface area contributed by atoms with Crippen LogP contribution in [-0.2, 0) is 0 Å². The molecule has 1 aromatic heterocycles. The molecule has 0 spiro atoms. The summed E-state index contributed by atoms with van der Waals surface area (Å²) >= 11 is 5.62. The summed E-state index contributed by atoms with van der Waals surface area (Å²) in [4.78, 5) is 2.13. The smallest absolute Gasteiger partial charge is 0.150 e. The number of nitrogens with zero attached hydrogens (tertiary/aromatic N) is 3. The number of halogens is 1. The second-order valence-electron chi connectivity index (χ2n) is 3.70. The molecule has 0 saturated carbocycles. The Morgan fingerprint density at radius 3 is 2.60 bits per heavy atom. The summed E-state index contributed by atoms with van der Waals surface area (Å²) in [5.74, 6) is 1.69. The normalized spacial score (nSPS) is 10.3. The minimum absolute atomic E-state index is 0.758. The average Bonchev–Trinajstić information content (AvgIpc) is 2.25. The molecule has 1 rings (SSSR count). The van der Waals surface area contributed by atoms with E-state index >= 15 is 0 Å². The monoisotopic (exact) mass is 227 g/mol. The molecule has 0 atom stereocenters. The van der Waals surface area contributed by atoms with Crippen LogP contribution < -0.4 is 4.90 Å². The molecular weight excluding hydrogens is 210 g/mol. The molecule has 84 valence electrons. The highest BCUT2D eigenvalue weighted by Crippen LogP contribution is 2.08. The predicted molar refractivity (Wildman–Crippen MR) is 64.6 cm³/mol. The quantitative estimate of drug-likeness (QED) is 0.553. The number of aryl methyl sites for hydroxylation is 1. The zero-order valence-electron chi connectivity index (χ0n) is 9.41. The average molecular weight is 228 g/mol. The fraction of sp³-hybridized carbons (Fsp3) is 0.636. The molecule has 0 aliphatic heterocycles. The summed E-state index contributed by atoms with van der Waals surface area (Å²) in [6.07, 6.45) is 3.42. The van der Waals surface area contributed by atoms with Gasteiger partial charge in [-0.2, -0.15) is 5.10 Å². The minimum atomic E-state index is 0.758. The molecule has 0 N–H and O–H groups in total. The van der Waals surface area contributed by atoms with Crippen LogP contribution in [0.4, 0.5) is 5.82 Å². The molecule has 0 unspecified atom stereocenters. The van der Waals surface area contributed by atoms with Crippen LogP contribution in [0.3, 0.4) is 0 Å². The van der Waals surface area contributed by atoms with E-state index in [1.54, 1.807) is 0 Å². The van der Waals surface area contributed by atoms with Gasteiger partial charge >= 0.3 is 0 Å². The highest BCUT2D eigenvalue weighted by molar-refractivity contribution is 6.17. The van der Waals surface area contributed by atoms with Gasteiger partial charge in [0.05, 0.1) is 5.69 Å². The number of hydrogen-bond donors (Lipinski definition) is 0. The highest BCUT2D eigenvalue weighted by Gasteiger charge is 2.01. The molecule has 0 amide bonds. The second kappa shape index (κ2) is 6.62. The first kappa shape index (κ1) is 12.2. The van der Waals surface area contributed by atoms with Crippen molar-refractivity contribution in [2.24, 2.45) is 0 Å². The first-order valence-electron chi connectivity index (χ1n) is 5.31. The van der Waals surface area contributed by atoms with Gasteiger partial charge in [0.25, 0.3) is 0 Å². The van der Waals surface area contributed by atoms with E-state index in [0.717, 1.165) is 36.8 Å². The Morgan fingerprint density at radius 1 is 1.20 bits per heavy atom. The molecule has 15 heavy (non-hydrogen) atoms. The molecule has 0 aromatic carbocycles. The Balaban J connectivity index is 2.33. The van der Waals surface area contributed by atoms with Crippen LogP contribution in [0, 0.1) is 6.92 Å². The summed E-state index contributed by atoms with van der Waals surface area (Å²) in [7, 11) is 2.04. The first-order valence-corrected chi connectivity index (χ1v) is 5.85. The van der Waals surface area contributed by atoms with Gasteiger partial charge in [0.1, 0.15) is 0 Å². The third-order valence-electron chi connectivity index (χ3n) is 2.30. The Bertz CT molecular complexity index is 274. The third-order valence-corrected chi connectivity index (χ3v) is 2.57. The summed E-state index contributed by atoms with van der Waals surface area (Å²) in [5.41, 5.74) is 0.953. The molecule has 0 radical (unpaired) electrons. The Hall–Kier alpha value is -0.830. The molecule has 0 bridgehead atoms. The van der Waals surface area contributed by atoms with E-state index in [9.17, 15) is 0 Å². The van der Waals surface area contributed by atoms with Crippen LogP contribution in [0.1, 0.15) is 25.0 Å². The van der Waals surface area contributed by atoms with Crippen molar-refractivity contribution >= 4 is 17.4 Å². The van der Waals surface area contributed by atoms with Crippen molar-refractivity contribution in [2.45, 2.75) is 26.2 Å². The first-order chi connectivity index (χ1) is 7.24. The maximum atomic E-state index is 5.62. The van der Waals surface area contributed by atoms with Crippen molar-refractivity contribution in [3.8, 4) is 0 Å². The van der Waals surface area contributed by atoms with Crippen LogP contribution in [0.2, 0.25) is 0 Å². The van der Waals surface area contributed by atoms with Gasteiger partial charge in [-0.05, 0) is 31.9 Å². The Labute approximate surface area is 96.5 Å². The maximum Gasteiger partial charge on any atom is 0.150 e. The fourth-order valence-corrected chi connectivity index (χ4v) is 1.52. The Morgan fingerprint density at radius 2 is 2.00 bits per heavy atom. The number of aromatic nitrogens is 2. The van der Waals surface area contributed by atoms with E-state index in [4.69, 9.17) is 11.6 Å². The third kappa shape index (κ3) is 4.47. The summed E-state index contributed by atoms with van der Waals surface area (Å²) < 4.78 is 0. The van der Waals surface area contributed by atoms with Gasteiger partial charge in [-0.3, -0.25) is 0 Å². The lowest BCUT2D eigenvalue weighted by Gasteiger charge is -2.16. The second-order valence-corrected chi connectivity index (χ2v) is 4.08. The number of rotatable bonds is 6. The summed E-state index contributed by atoms with van der Waals surface area (Å²) in [6, 6.07) is 3.99. The van der Waals surface area contributed by atoms with Crippen molar-refractivity contribution in [3.05, 3.63) is 17.8 Å². The van der Waals surface area contributed by atoms with Crippen LogP contribution in [0.5, 0.6) is 0 Å². The van der Waals surface area contributed by atoms with E-state index < -0.39 is 0 Å². The van der Waals surface area contributed by atoms with Crippen LogP contribution in [0.15, 0.2) is 12.1 Å². The van der Waals surface area contributed by atoms with E-state index in [2.05, 4.69) is 15.1 Å². The molecule has 0 fully saturated rings. The zero-order valence-corrected chi connectivity index (χ0v) is 10.2. The molecule has 4 heteroatoms. The van der Waals surface area contributed by atoms with E-state index in [-0.39, 0.29) is 0 Å². The van der Waals surface area contributed by atoms with Gasteiger partial charge in [0.2, 0.25) is 0 Å². The summed E-state index contributed by atoms with van der Waals surface area (Å²) in [5, 5.41) is 8.16.